The highest BCUT2D eigenvalue weighted by Crippen LogP contribution is 2.31. The van der Waals surface area contributed by atoms with Crippen LogP contribution in [0.4, 0.5) is 10.1 Å². The number of hydrogen-bond donors (Lipinski definition) is 1. The maximum atomic E-state index is 13.6. The minimum absolute atomic E-state index is 0.237. The van der Waals surface area contributed by atoms with Crippen LogP contribution in [0.25, 0.3) is 0 Å². The third-order valence-electron chi connectivity index (χ3n) is 3.94. The second-order valence-corrected chi connectivity index (χ2v) is 4.95. The van der Waals surface area contributed by atoms with Crippen molar-refractivity contribution in [1.29, 1.82) is 0 Å². The van der Waals surface area contributed by atoms with Gasteiger partial charge in [0.25, 0.3) is 0 Å². The predicted molar refractivity (Wildman–Crippen MR) is 67.5 cm³/mol. The van der Waals surface area contributed by atoms with Crippen LogP contribution in [0.1, 0.15) is 32.3 Å². The molecular formula is C14H20FNO. The highest BCUT2D eigenvalue weighted by Gasteiger charge is 2.26. The molecule has 0 radical (unpaired) electrons. The van der Waals surface area contributed by atoms with Crippen molar-refractivity contribution in [2.75, 3.05) is 11.4 Å². The highest BCUT2D eigenvalue weighted by molar-refractivity contribution is 5.55. The lowest BCUT2D eigenvalue weighted by Crippen LogP contribution is -2.43. The summed E-state index contributed by atoms with van der Waals surface area (Å²) in [6.45, 7) is 5.12. The van der Waals surface area contributed by atoms with Crippen LogP contribution >= 0.6 is 0 Å². The van der Waals surface area contributed by atoms with Gasteiger partial charge >= 0.3 is 0 Å². The standard InChI is InChI=1S/C14H20FNO/c1-10-5-4-8-16(11(10)2)14-7-3-6-13(15)12(14)9-17/h3,6-7,10-11,17H,4-5,8-9H2,1-2H3. The number of anilines is 1. The molecule has 2 nitrogen and oxygen atoms in total. The first-order valence-electron chi connectivity index (χ1n) is 6.30. The number of hydrogen-bond acceptors (Lipinski definition) is 2. The number of aliphatic hydroxyl groups excluding tert-OH is 1. The molecule has 94 valence electrons. The molecule has 1 aliphatic heterocycles. The van der Waals surface area contributed by atoms with Gasteiger partial charge in [0.15, 0.2) is 0 Å². The molecule has 0 spiro atoms. The minimum atomic E-state index is -0.310. The minimum Gasteiger partial charge on any atom is -0.391 e. The molecule has 1 aromatic rings. The molecule has 0 amide bonds. The van der Waals surface area contributed by atoms with Crippen LogP contribution in [0.5, 0.6) is 0 Å². The van der Waals surface area contributed by atoms with Crippen LogP contribution in [-0.2, 0) is 6.61 Å². The lowest BCUT2D eigenvalue weighted by Gasteiger charge is -2.40. The Labute approximate surface area is 102 Å². The molecule has 0 aliphatic carbocycles. The molecule has 17 heavy (non-hydrogen) atoms. The van der Waals surface area contributed by atoms with E-state index in [4.69, 9.17) is 0 Å². The zero-order chi connectivity index (χ0) is 12.4. The van der Waals surface area contributed by atoms with Gasteiger partial charge in [-0.1, -0.05) is 13.0 Å². The molecule has 0 aromatic heterocycles. The number of aliphatic hydroxyl groups is 1. The smallest absolute Gasteiger partial charge is 0.130 e. The zero-order valence-corrected chi connectivity index (χ0v) is 10.5. The molecule has 1 heterocycles. The Bertz CT molecular complexity index is 394. The number of halogens is 1. The number of piperidine rings is 1. The van der Waals surface area contributed by atoms with Crippen molar-refractivity contribution in [3.05, 3.63) is 29.6 Å². The molecule has 3 heteroatoms. The van der Waals surface area contributed by atoms with E-state index in [1.807, 2.05) is 6.07 Å². The summed E-state index contributed by atoms with van der Waals surface area (Å²) in [5.74, 6) is 0.300. The second kappa shape index (κ2) is 5.05. The normalized spacial score (nSPS) is 25.1. The Morgan fingerprint density at radius 1 is 1.41 bits per heavy atom. The summed E-state index contributed by atoms with van der Waals surface area (Å²) in [6, 6.07) is 5.43. The predicted octanol–water partition coefficient (Wildman–Crippen LogP) is 2.94. The molecule has 2 rings (SSSR count). The van der Waals surface area contributed by atoms with Crippen LogP contribution in [0.2, 0.25) is 0 Å². The molecule has 2 unspecified atom stereocenters. The largest absolute Gasteiger partial charge is 0.391 e. The maximum Gasteiger partial charge on any atom is 0.130 e. The summed E-state index contributed by atoms with van der Waals surface area (Å²) in [5.41, 5.74) is 1.28. The Morgan fingerprint density at radius 2 is 2.18 bits per heavy atom. The number of nitrogens with zero attached hydrogens (tertiary/aromatic N) is 1. The van der Waals surface area contributed by atoms with E-state index in [1.54, 1.807) is 6.07 Å². The van der Waals surface area contributed by atoms with Crippen molar-refractivity contribution >= 4 is 5.69 Å². The van der Waals surface area contributed by atoms with Crippen molar-refractivity contribution in [2.24, 2.45) is 5.92 Å². The topological polar surface area (TPSA) is 23.5 Å². The third kappa shape index (κ3) is 2.29. The van der Waals surface area contributed by atoms with E-state index in [1.165, 1.54) is 12.5 Å². The molecule has 1 fully saturated rings. The molecular weight excluding hydrogens is 217 g/mol. The summed E-state index contributed by atoms with van der Waals surface area (Å²) in [4.78, 5) is 2.22. The van der Waals surface area contributed by atoms with E-state index in [-0.39, 0.29) is 12.4 Å². The quantitative estimate of drug-likeness (QED) is 0.855. The average Bonchev–Trinajstić information content (AvgIpc) is 2.32. The van der Waals surface area contributed by atoms with Gasteiger partial charge in [0.1, 0.15) is 5.82 Å². The van der Waals surface area contributed by atoms with Gasteiger partial charge in [0.05, 0.1) is 6.61 Å². The summed E-state index contributed by atoms with van der Waals surface area (Å²) in [5, 5.41) is 9.32. The second-order valence-electron chi connectivity index (χ2n) is 4.95. The summed E-state index contributed by atoms with van der Waals surface area (Å²) in [6.07, 6.45) is 2.36. The summed E-state index contributed by atoms with van der Waals surface area (Å²) < 4.78 is 13.6. The monoisotopic (exact) mass is 237 g/mol. The first-order chi connectivity index (χ1) is 8.15. The van der Waals surface area contributed by atoms with Gasteiger partial charge in [-0.15, -0.1) is 0 Å². The van der Waals surface area contributed by atoms with Crippen molar-refractivity contribution in [3.63, 3.8) is 0 Å². The van der Waals surface area contributed by atoms with E-state index in [0.29, 0.717) is 17.5 Å². The van der Waals surface area contributed by atoms with E-state index in [9.17, 15) is 9.50 Å². The van der Waals surface area contributed by atoms with Crippen LogP contribution in [0, 0.1) is 11.7 Å². The highest BCUT2D eigenvalue weighted by atomic mass is 19.1. The van der Waals surface area contributed by atoms with Crippen LogP contribution in [-0.4, -0.2) is 17.7 Å². The van der Waals surface area contributed by atoms with Gasteiger partial charge in [-0.2, -0.15) is 0 Å². The zero-order valence-electron chi connectivity index (χ0n) is 10.5. The molecule has 1 N–H and O–H groups in total. The van der Waals surface area contributed by atoms with Crippen molar-refractivity contribution < 1.29 is 9.50 Å². The Balaban J connectivity index is 2.35. The average molecular weight is 237 g/mol. The van der Waals surface area contributed by atoms with Crippen molar-refractivity contribution in [3.8, 4) is 0 Å². The fourth-order valence-corrected chi connectivity index (χ4v) is 2.65. The Hall–Kier alpha value is -1.09. The summed E-state index contributed by atoms with van der Waals surface area (Å²) in [7, 11) is 0. The van der Waals surface area contributed by atoms with E-state index < -0.39 is 0 Å². The third-order valence-corrected chi connectivity index (χ3v) is 3.94. The lowest BCUT2D eigenvalue weighted by atomic mass is 9.91. The van der Waals surface area contributed by atoms with Gasteiger partial charge in [0, 0.05) is 23.8 Å². The van der Waals surface area contributed by atoms with Crippen LogP contribution in [0.15, 0.2) is 18.2 Å². The van der Waals surface area contributed by atoms with Crippen molar-refractivity contribution in [1.82, 2.24) is 0 Å². The molecule has 0 bridgehead atoms. The number of rotatable bonds is 2. The van der Waals surface area contributed by atoms with Gasteiger partial charge < -0.3 is 10.0 Å². The van der Waals surface area contributed by atoms with E-state index in [0.717, 1.165) is 18.7 Å². The van der Waals surface area contributed by atoms with Gasteiger partial charge in [-0.25, -0.2) is 4.39 Å². The van der Waals surface area contributed by atoms with Crippen LogP contribution in [0.3, 0.4) is 0 Å². The molecule has 0 saturated carbocycles. The lowest BCUT2D eigenvalue weighted by molar-refractivity contribution is 0.274. The fourth-order valence-electron chi connectivity index (χ4n) is 2.65. The fraction of sp³-hybridized carbons (Fsp3) is 0.571. The first kappa shape index (κ1) is 12.4. The van der Waals surface area contributed by atoms with E-state index >= 15 is 0 Å². The first-order valence-corrected chi connectivity index (χ1v) is 6.30. The molecule has 2 atom stereocenters. The van der Waals surface area contributed by atoms with Crippen molar-refractivity contribution in [2.45, 2.75) is 39.3 Å². The SMILES string of the molecule is CC1CCCN(c2cccc(F)c2CO)C1C. The molecule has 1 aromatic carbocycles. The van der Waals surface area contributed by atoms with Gasteiger partial charge in [-0.3, -0.25) is 0 Å². The maximum absolute atomic E-state index is 13.6. The molecule has 1 aliphatic rings. The van der Waals surface area contributed by atoms with E-state index in [2.05, 4.69) is 18.7 Å². The van der Waals surface area contributed by atoms with Gasteiger partial charge in [0.2, 0.25) is 0 Å². The Kier molecular flexibility index (Phi) is 3.67. The van der Waals surface area contributed by atoms with Gasteiger partial charge in [-0.05, 0) is 37.8 Å². The Morgan fingerprint density at radius 3 is 2.88 bits per heavy atom. The van der Waals surface area contributed by atoms with Crippen LogP contribution < -0.4 is 4.90 Å². The number of benzene rings is 1. The summed E-state index contributed by atoms with van der Waals surface area (Å²) >= 11 is 0. The molecule has 1 saturated heterocycles.